The topological polar surface area (TPSA) is 66.0 Å². The SMILES string of the molecule is N#C/C(=C\c1ccc(-c2cccc(Cl)c2)o1)C(=O)Nc1ccc(C(F)(F)F)c(Cl)c1. The van der Waals surface area contributed by atoms with Gasteiger partial charge in [0.25, 0.3) is 5.91 Å². The van der Waals surface area contributed by atoms with Gasteiger partial charge in [-0.05, 0) is 42.5 Å². The third kappa shape index (κ3) is 5.03. The van der Waals surface area contributed by atoms with Crippen LogP contribution in [0.3, 0.4) is 0 Å². The van der Waals surface area contributed by atoms with Gasteiger partial charge in [0.05, 0.1) is 10.6 Å². The largest absolute Gasteiger partial charge is 0.457 e. The molecule has 0 bridgehead atoms. The molecule has 0 aliphatic rings. The Labute approximate surface area is 179 Å². The second kappa shape index (κ2) is 8.66. The number of hydrogen-bond acceptors (Lipinski definition) is 3. The van der Waals surface area contributed by atoms with Gasteiger partial charge in [0.15, 0.2) is 0 Å². The van der Waals surface area contributed by atoms with Gasteiger partial charge >= 0.3 is 6.18 Å². The second-order valence-corrected chi connectivity index (χ2v) is 6.87. The van der Waals surface area contributed by atoms with E-state index in [9.17, 15) is 23.2 Å². The molecule has 152 valence electrons. The summed E-state index contributed by atoms with van der Waals surface area (Å²) < 4.78 is 43.9. The molecule has 0 radical (unpaired) electrons. The molecule has 1 amide bonds. The van der Waals surface area contributed by atoms with Crippen LogP contribution in [0.15, 0.2) is 64.6 Å². The summed E-state index contributed by atoms with van der Waals surface area (Å²) in [5, 5.41) is 11.6. The number of nitriles is 1. The molecule has 0 unspecified atom stereocenters. The molecule has 1 heterocycles. The highest BCUT2D eigenvalue weighted by Crippen LogP contribution is 2.36. The Kier molecular flexibility index (Phi) is 6.20. The zero-order valence-corrected chi connectivity index (χ0v) is 16.4. The molecular weight excluding hydrogens is 440 g/mol. The van der Waals surface area contributed by atoms with Gasteiger partial charge < -0.3 is 9.73 Å². The van der Waals surface area contributed by atoms with E-state index >= 15 is 0 Å². The van der Waals surface area contributed by atoms with Gasteiger partial charge in [0, 0.05) is 22.3 Å². The number of amides is 1. The van der Waals surface area contributed by atoms with E-state index in [0.29, 0.717) is 16.3 Å². The van der Waals surface area contributed by atoms with Crippen LogP contribution in [-0.2, 0) is 11.0 Å². The summed E-state index contributed by atoms with van der Waals surface area (Å²) in [5.41, 5.74) is -0.608. The summed E-state index contributed by atoms with van der Waals surface area (Å²) in [6, 6.07) is 14.6. The Morgan fingerprint density at radius 1 is 1.10 bits per heavy atom. The number of alkyl halides is 3. The molecule has 9 heteroatoms. The molecule has 4 nitrogen and oxygen atoms in total. The van der Waals surface area contributed by atoms with E-state index in [1.807, 2.05) is 0 Å². The lowest BCUT2D eigenvalue weighted by Gasteiger charge is -2.10. The van der Waals surface area contributed by atoms with E-state index < -0.39 is 22.7 Å². The molecule has 0 atom stereocenters. The molecule has 30 heavy (non-hydrogen) atoms. The normalized spacial score (nSPS) is 11.8. The Bertz CT molecular complexity index is 1180. The summed E-state index contributed by atoms with van der Waals surface area (Å²) in [6.45, 7) is 0. The molecule has 3 aromatic rings. The maximum absolute atomic E-state index is 12.8. The second-order valence-electron chi connectivity index (χ2n) is 6.03. The summed E-state index contributed by atoms with van der Waals surface area (Å²) in [6.07, 6.45) is -3.40. The first kappa shape index (κ1) is 21.5. The van der Waals surface area contributed by atoms with Crippen molar-refractivity contribution in [3.63, 3.8) is 0 Å². The number of benzene rings is 2. The number of hydrogen-bond donors (Lipinski definition) is 1. The molecule has 0 aliphatic heterocycles. The highest BCUT2D eigenvalue weighted by Gasteiger charge is 2.33. The van der Waals surface area contributed by atoms with Crippen LogP contribution in [0, 0.1) is 11.3 Å². The zero-order chi connectivity index (χ0) is 21.9. The average molecular weight is 451 g/mol. The Hall–Kier alpha value is -3.21. The van der Waals surface area contributed by atoms with E-state index in [4.69, 9.17) is 27.6 Å². The number of nitrogens with one attached hydrogen (secondary N) is 1. The van der Waals surface area contributed by atoms with Crippen LogP contribution in [0.2, 0.25) is 10.0 Å². The number of anilines is 1. The van der Waals surface area contributed by atoms with Crippen LogP contribution in [0.25, 0.3) is 17.4 Å². The number of nitrogens with zero attached hydrogens (tertiary/aromatic N) is 1. The Balaban J connectivity index is 1.79. The fourth-order valence-corrected chi connectivity index (χ4v) is 3.02. The number of carbonyl (C=O) groups is 1. The molecule has 1 aromatic heterocycles. The van der Waals surface area contributed by atoms with Crippen molar-refractivity contribution in [2.24, 2.45) is 0 Å². The zero-order valence-electron chi connectivity index (χ0n) is 14.9. The third-order valence-corrected chi connectivity index (χ3v) is 4.47. The predicted molar refractivity (Wildman–Crippen MR) is 108 cm³/mol. The minimum absolute atomic E-state index is 0.0122. The smallest absolute Gasteiger partial charge is 0.417 e. The van der Waals surface area contributed by atoms with Gasteiger partial charge in [-0.1, -0.05) is 35.3 Å². The van der Waals surface area contributed by atoms with Crippen molar-refractivity contribution < 1.29 is 22.4 Å². The maximum Gasteiger partial charge on any atom is 0.417 e. The summed E-state index contributed by atoms with van der Waals surface area (Å²) in [4.78, 5) is 12.3. The van der Waals surface area contributed by atoms with Crippen molar-refractivity contribution in [3.05, 3.63) is 81.5 Å². The molecule has 2 aromatic carbocycles. The quantitative estimate of drug-likeness (QED) is 0.350. The van der Waals surface area contributed by atoms with E-state index in [-0.39, 0.29) is 17.0 Å². The average Bonchev–Trinajstić information content (AvgIpc) is 3.13. The molecule has 0 saturated carbocycles. The maximum atomic E-state index is 12.8. The van der Waals surface area contributed by atoms with Crippen molar-refractivity contribution in [2.45, 2.75) is 6.18 Å². The van der Waals surface area contributed by atoms with Gasteiger partial charge in [0.1, 0.15) is 23.2 Å². The van der Waals surface area contributed by atoms with Gasteiger partial charge in [-0.2, -0.15) is 18.4 Å². The minimum atomic E-state index is -4.61. The lowest BCUT2D eigenvalue weighted by Crippen LogP contribution is -2.14. The minimum Gasteiger partial charge on any atom is -0.457 e. The first-order valence-electron chi connectivity index (χ1n) is 8.33. The Morgan fingerprint density at radius 3 is 2.50 bits per heavy atom. The van der Waals surface area contributed by atoms with E-state index in [0.717, 1.165) is 18.2 Å². The van der Waals surface area contributed by atoms with E-state index in [2.05, 4.69) is 5.32 Å². The van der Waals surface area contributed by atoms with Crippen LogP contribution in [0.1, 0.15) is 11.3 Å². The molecule has 0 spiro atoms. The highest BCUT2D eigenvalue weighted by molar-refractivity contribution is 6.32. The van der Waals surface area contributed by atoms with E-state index in [1.165, 1.54) is 6.08 Å². The summed E-state index contributed by atoms with van der Waals surface area (Å²) in [7, 11) is 0. The van der Waals surface area contributed by atoms with E-state index in [1.54, 1.807) is 42.5 Å². The lowest BCUT2D eigenvalue weighted by molar-refractivity contribution is -0.137. The highest BCUT2D eigenvalue weighted by atomic mass is 35.5. The number of carbonyl (C=O) groups excluding carboxylic acids is 1. The first-order chi connectivity index (χ1) is 14.2. The van der Waals surface area contributed by atoms with Gasteiger partial charge in [0.2, 0.25) is 0 Å². The number of rotatable bonds is 4. The first-order valence-corrected chi connectivity index (χ1v) is 9.08. The van der Waals surface area contributed by atoms with Gasteiger partial charge in [-0.25, -0.2) is 0 Å². The van der Waals surface area contributed by atoms with Crippen LogP contribution in [0.5, 0.6) is 0 Å². The third-order valence-electron chi connectivity index (χ3n) is 3.92. The molecule has 0 saturated heterocycles. The molecule has 1 N–H and O–H groups in total. The van der Waals surface area contributed by atoms with Crippen molar-refractivity contribution >= 4 is 40.9 Å². The van der Waals surface area contributed by atoms with Crippen LogP contribution >= 0.6 is 23.2 Å². The van der Waals surface area contributed by atoms with Crippen LogP contribution in [-0.4, -0.2) is 5.91 Å². The Morgan fingerprint density at radius 2 is 1.87 bits per heavy atom. The standard InChI is InChI=1S/C21H11Cl2F3N2O2/c22-14-3-1-2-12(8-14)19-7-5-16(30-19)9-13(11-27)20(29)28-15-4-6-17(18(23)10-15)21(24,25)26/h1-10H,(H,28,29)/b13-9+. The lowest BCUT2D eigenvalue weighted by atomic mass is 10.1. The number of furan rings is 1. The summed E-state index contributed by atoms with van der Waals surface area (Å²) in [5.74, 6) is -0.105. The molecule has 0 aliphatic carbocycles. The van der Waals surface area contributed by atoms with Gasteiger partial charge in [-0.15, -0.1) is 0 Å². The molecule has 3 rings (SSSR count). The van der Waals surface area contributed by atoms with Crippen LogP contribution < -0.4 is 5.32 Å². The molecule has 0 fully saturated rings. The monoisotopic (exact) mass is 450 g/mol. The summed E-state index contributed by atoms with van der Waals surface area (Å²) >= 11 is 11.6. The van der Waals surface area contributed by atoms with Gasteiger partial charge in [-0.3, -0.25) is 4.79 Å². The van der Waals surface area contributed by atoms with Crippen molar-refractivity contribution in [1.82, 2.24) is 0 Å². The number of halogens is 5. The van der Waals surface area contributed by atoms with Crippen molar-refractivity contribution in [3.8, 4) is 17.4 Å². The fraction of sp³-hybridized carbons (Fsp3) is 0.0476. The van der Waals surface area contributed by atoms with Crippen LogP contribution in [0.4, 0.5) is 18.9 Å². The van der Waals surface area contributed by atoms with Crippen molar-refractivity contribution in [2.75, 3.05) is 5.32 Å². The molecular formula is C21H11Cl2F3N2O2. The predicted octanol–water partition coefficient (Wildman–Crippen LogP) is 6.82. The van der Waals surface area contributed by atoms with Crippen molar-refractivity contribution in [1.29, 1.82) is 5.26 Å². The fourth-order valence-electron chi connectivity index (χ4n) is 2.54.